The molecular weight excluding hydrogens is 371 g/mol. The van der Waals surface area contributed by atoms with Crippen LogP contribution in [0.5, 0.6) is 5.75 Å². The van der Waals surface area contributed by atoms with Gasteiger partial charge >= 0.3 is 0 Å². The van der Waals surface area contributed by atoms with E-state index >= 15 is 0 Å². The van der Waals surface area contributed by atoms with E-state index in [-0.39, 0.29) is 16.8 Å². The van der Waals surface area contributed by atoms with Crippen LogP contribution >= 0.6 is 0 Å². The second-order valence-electron chi connectivity index (χ2n) is 6.23. The van der Waals surface area contributed by atoms with Crippen molar-refractivity contribution < 1.29 is 18.3 Å². The molecule has 1 aromatic heterocycles. The minimum Gasteiger partial charge on any atom is -0.493 e. The van der Waals surface area contributed by atoms with Crippen molar-refractivity contribution >= 4 is 28.3 Å². The maximum atomic E-state index is 14.2. The van der Waals surface area contributed by atoms with Gasteiger partial charge in [0.25, 0.3) is 5.91 Å². The molecule has 1 N–H and O–H groups in total. The SMILES string of the molecule is COc1cccc2cc(C(=O)Nc3ccccc3)c(=Nc3ccccc3F)oc12. The summed E-state index contributed by atoms with van der Waals surface area (Å²) in [7, 11) is 1.52. The predicted molar refractivity (Wildman–Crippen MR) is 109 cm³/mol. The number of carbonyl (C=O) groups excluding carboxylic acids is 1. The van der Waals surface area contributed by atoms with Crippen molar-refractivity contribution in [2.75, 3.05) is 12.4 Å². The van der Waals surface area contributed by atoms with E-state index in [9.17, 15) is 9.18 Å². The van der Waals surface area contributed by atoms with Gasteiger partial charge in [-0.05, 0) is 36.4 Å². The molecule has 4 rings (SSSR count). The fraction of sp³-hybridized carbons (Fsp3) is 0.0435. The Labute approximate surface area is 166 Å². The Hall–Kier alpha value is -3.93. The van der Waals surface area contributed by atoms with Crippen molar-refractivity contribution in [3.05, 3.63) is 95.8 Å². The van der Waals surface area contributed by atoms with Crippen LogP contribution in [0, 0.1) is 5.82 Å². The minimum atomic E-state index is -0.516. The Kier molecular flexibility index (Phi) is 5.07. The molecule has 0 aliphatic carbocycles. The summed E-state index contributed by atoms with van der Waals surface area (Å²) in [6.07, 6.45) is 0. The van der Waals surface area contributed by atoms with E-state index in [0.717, 1.165) is 0 Å². The Bertz CT molecular complexity index is 1250. The first-order chi connectivity index (χ1) is 14.2. The number of anilines is 1. The highest BCUT2D eigenvalue weighted by Gasteiger charge is 2.15. The largest absolute Gasteiger partial charge is 0.493 e. The average Bonchev–Trinajstić information content (AvgIpc) is 2.75. The summed E-state index contributed by atoms with van der Waals surface area (Å²) in [5, 5.41) is 3.47. The number of benzene rings is 3. The zero-order chi connectivity index (χ0) is 20.2. The lowest BCUT2D eigenvalue weighted by Gasteiger charge is -2.09. The number of hydrogen-bond acceptors (Lipinski definition) is 4. The lowest BCUT2D eigenvalue weighted by atomic mass is 10.1. The van der Waals surface area contributed by atoms with Crippen molar-refractivity contribution in [3.63, 3.8) is 0 Å². The zero-order valence-electron chi connectivity index (χ0n) is 15.6. The highest BCUT2D eigenvalue weighted by Crippen LogP contribution is 2.25. The van der Waals surface area contributed by atoms with Gasteiger partial charge in [0.2, 0.25) is 5.55 Å². The van der Waals surface area contributed by atoms with Gasteiger partial charge in [-0.3, -0.25) is 4.79 Å². The molecule has 6 heteroatoms. The second-order valence-corrected chi connectivity index (χ2v) is 6.23. The second kappa shape index (κ2) is 7.98. The number of amides is 1. The molecule has 0 saturated carbocycles. The van der Waals surface area contributed by atoms with Crippen LogP contribution in [0.15, 0.2) is 88.3 Å². The molecule has 4 aromatic rings. The summed E-state index contributed by atoms with van der Waals surface area (Å²) in [5.41, 5.74) is 1.28. The van der Waals surface area contributed by atoms with Crippen molar-refractivity contribution in [2.24, 2.45) is 4.99 Å². The van der Waals surface area contributed by atoms with Crippen molar-refractivity contribution in [1.29, 1.82) is 0 Å². The predicted octanol–water partition coefficient (Wildman–Crippen LogP) is 5.07. The standard InChI is InChI=1S/C23H17FN2O3/c1-28-20-13-7-8-15-14-17(22(27)25-16-9-3-2-4-10-16)23(29-21(15)20)26-19-12-6-5-11-18(19)24/h2-14H,1H3,(H,25,27). The van der Waals surface area contributed by atoms with Gasteiger partial charge in [-0.1, -0.05) is 42.5 Å². The van der Waals surface area contributed by atoms with Crippen LogP contribution in [0.25, 0.3) is 11.0 Å². The first-order valence-electron chi connectivity index (χ1n) is 8.92. The Morgan fingerprint density at radius 3 is 2.52 bits per heavy atom. The van der Waals surface area contributed by atoms with Gasteiger partial charge in [-0.15, -0.1) is 0 Å². The van der Waals surface area contributed by atoms with E-state index in [4.69, 9.17) is 9.15 Å². The molecule has 0 aliphatic rings. The molecule has 29 heavy (non-hydrogen) atoms. The molecular formula is C23H17FN2O3. The normalized spacial score (nSPS) is 11.4. The Morgan fingerprint density at radius 1 is 1.00 bits per heavy atom. The van der Waals surface area contributed by atoms with Gasteiger partial charge in [-0.25, -0.2) is 9.38 Å². The molecule has 3 aromatic carbocycles. The highest BCUT2D eigenvalue weighted by atomic mass is 19.1. The third-order valence-electron chi connectivity index (χ3n) is 4.31. The molecule has 5 nitrogen and oxygen atoms in total. The number of rotatable bonds is 4. The number of methoxy groups -OCH3 is 1. The molecule has 0 bridgehead atoms. The highest BCUT2D eigenvalue weighted by molar-refractivity contribution is 6.05. The van der Waals surface area contributed by atoms with Gasteiger partial charge in [0.1, 0.15) is 17.1 Å². The van der Waals surface area contributed by atoms with Gasteiger partial charge in [-0.2, -0.15) is 0 Å². The molecule has 0 aliphatic heterocycles. The molecule has 1 heterocycles. The van der Waals surface area contributed by atoms with Crippen LogP contribution in [0.4, 0.5) is 15.8 Å². The molecule has 0 radical (unpaired) electrons. The Morgan fingerprint density at radius 2 is 1.76 bits per heavy atom. The summed E-state index contributed by atoms with van der Waals surface area (Å²) in [4.78, 5) is 17.2. The first-order valence-corrected chi connectivity index (χ1v) is 8.92. The van der Waals surface area contributed by atoms with Crippen molar-refractivity contribution in [2.45, 2.75) is 0 Å². The van der Waals surface area contributed by atoms with Crippen LogP contribution in [0.1, 0.15) is 10.4 Å². The van der Waals surface area contributed by atoms with E-state index in [1.807, 2.05) is 18.2 Å². The van der Waals surface area contributed by atoms with E-state index in [0.29, 0.717) is 22.4 Å². The van der Waals surface area contributed by atoms with Gasteiger partial charge < -0.3 is 14.5 Å². The van der Waals surface area contributed by atoms with E-state index in [1.165, 1.54) is 19.2 Å². The quantitative estimate of drug-likeness (QED) is 0.531. The van der Waals surface area contributed by atoms with E-state index in [1.54, 1.807) is 48.5 Å². The number of para-hydroxylation sites is 3. The van der Waals surface area contributed by atoms with Crippen molar-refractivity contribution in [3.8, 4) is 5.75 Å². The van der Waals surface area contributed by atoms with Crippen LogP contribution in [0.3, 0.4) is 0 Å². The zero-order valence-corrected chi connectivity index (χ0v) is 15.6. The number of carbonyl (C=O) groups is 1. The number of fused-ring (bicyclic) bond motifs is 1. The maximum Gasteiger partial charge on any atom is 0.261 e. The van der Waals surface area contributed by atoms with Crippen LogP contribution in [-0.4, -0.2) is 13.0 Å². The Balaban J connectivity index is 1.92. The van der Waals surface area contributed by atoms with Crippen LogP contribution < -0.4 is 15.6 Å². The number of nitrogens with one attached hydrogen (secondary N) is 1. The summed E-state index contributed by atoms with van der Waals surface area (Å²) < 4.78 is 25.4. The van der Waals surface area contributed by atoms with Crippen molar-refractivity contribution in [1.82, 2.24) is 0 Å². The fourth-order valence-electron chi connectivity index (χ4n) is 2.90. The smallest absolute Gasteiger partial charge is 0.261 e. The summed E-state index contributed by atoms with van der Waals surface area (Å²) in [5.74, 6) is -0.445. The number of hydrogen-bond donors (Lipinski definition) is 1. The lowest BCUT2D eigenvalue weighted by molar-refractivity contribution is 0.102. The van der Waals surface area contributed by atoms with E-state index < -0.39 is 11.7 Å². The first kappa shape index (κ1) is 18.4. The maximum absolute atomic E-state index is 14.2. The van der Waals surface area contributed by atoms with Crippen LogP contribution in [-0.2, 0) is 0 Å². The van der Waals surface area contributed by atoms with Gasteiger partial charge in [0.05, 0.1) is 7.11 Å². The topological polar surface area (TPSA) is 63.8 Å². The molecule has 0 spiro atoms. The third kappa shape index (κ3) is 3.87. The average molecular weight is 388 g/mol. The number of ether oxygens (including phenoxy) is 1. The van der Waals surface area contributed by atoms with Gasteiger partial charge in [0, 0.05) is 11.1 Å². The monoisotopic (exact) mass is 388 g/mol. The minimum absolute atomic E-state index is 0.0134. The summed E-state index contributed by atoms with van der Waals surface area (Å²) in [6.45, 7) is 0. The summed E-state index contributed by atoms with van der Waals surface area (Å²) >= 11 is 0. The van der Waals surface area contributed by atoms with Crippen LogP contribution in [0.2, 0.25) is 0 Å². The molecule has 0 unspecified atom stereocenters. The summed E-state index contributed by atoms with van der Waals surface area (Å²) in [6, 6.07) is 22.0. The van der Waals surface area contributed by atoms with E-state index in [2.05, 4.69) is 10.3 Å². The molecule has 0 atom stereocenters. The molecule has 144 valence electrons. The lowest BCUT2D eigenvalue weighted by Crippen LogP contribution is -2.21. The fourth-order valence-corrected chi connectivity index (χ4v) is 2.90. The molecule has 1 amide bonds. The third-order valence-corrected chi connectivity index (χ3v) is 4.31. The number of nitrogens with zero attached hydrogens (tertiary/aromatic N) is 1. The molecule has 0 fully saturated rings. The van der Waals surface area contributed by atoms with Gasteiger partial charge in [0.15, 0.2) is 11.3 Å². The number of halogens is 1. The molecule has 0 saturated heterocycles.